The standard InChI is InChI=1S/C14H15FN4O3S/c1-9-8-12(19-22-9)16-14(21)18-17-13(20)6-7-23-11-4-2-10(15)3-5-11/h2-5,8H,6-7H2,1H3,(H,17,20)(H2,16,18,19,21). The number of nitrogens with zero attached hydrogens (tertiary/aromatic N) is 1. The van der Waals surface area contributed by atoms with Gasteiger partial charge in [0.2, 0.25) is 5.91 Å². The van der Waals surface area contributed by atoms with Gasteiger partial charge >= 0.3 is 6.03 Å². The number of rotatable bonds is 5. The van der Waals surface area contributed by atoms with E-state index in [1.165, 1.54) is 23.9 Å². The second-order valence-electron chi connectivity index (χ2n) is 4.50. The number of hydrogen-bond donors (Lipinski definition) is 3. The molecule has 3 amide bonds. The molecule has 0 unspecified atom stereocenters. The van der Waals surface area contributed by atoms with Crippen LogP contribution in [0, 0.1) is 12.7 Å². The monoisotopic (exact) mass is 338 g/mol. The molecule has 0 aliphatic carbocycles. The molecule has 0 bridgehead atoms. The highest BCUT2D eigenvalue weighted by Crippen LogP contribution is 2.18. The number of anilines is 1. The molecular formula is C14H15FN4O3S. The third kappa shape index (κ3) is 5.99. The highest BCUT2D eigenvalue weighted by molar-refractivity contribution is 7.99. The fraction of sp³-hybridized carbons (Fsp3) is 0.214. The van der Waals surface area contributed by atoms with Crippen LogP contribution in [0.1, 0.15) is 12.2 Å². The molecule has 7 nitrogen and oxygen atoms in total. The minimum atomic E-state index is -0.627. The number of carbonyl (C=O) groups is 2. The van der Waals surface area contributed by atoms with Crippen molar-refractivity contribution in [2.45, 2.75) is 18.2 Å². The van der Waals surface area contributed by atoms with Crippen molar-refractivity contribution < 1.29 is 18.5 Å². The van der Waals surface area contributed by atoms with Crippen molar-refractivity contribution in [3.8, 4) is 0 Å². The number of thioether (sulfide) groups is 1. The Morgan fingerprint density at radius 3 is 2.65 bits per heavy atom. The van der Waals surface area contributed by atoms with Crippen LogP contribution < -0.4 is 16.2 Å². The molecule has 0 saturated heterocycles. The van der Waals surface area contributed by atoms with Crippen LogP contribution >= 0.6 is 11.8 Å². The zero-order chi connectivity index (χ0) is 16.7. The lowest BCUT2D eigenvalue weighted by Crippen LogP contribution is -2.44. The Bertz CT molecular complexity index is 675. The number of hydrogen-bond acceptors (Lipinski definition) is 5. The molecule has 2 rings (SSSR count). The maximum Gasteiger partial charge on any atom is 0.339 e. The fourth-order valence-electron chi connectivity index (χ4n) is 1.55. The van der Waals surface area contributed by atoms with E-state index in [1.54, 1.807) is 25.1 Å². The number of aromatic nitrogens is 1. The van der Waals surface area contributed by atoms with Gasteiger partial charge in [-0.2, -0.15) is 0 Å². The summed E-state index contributed by atoms with van der Waals surface area (Å²) in [4.78, 5) is 23.9. The smallest absolute Gasteiger partial charge is 0.339 e. The van der Waals surface area contributed by atoms with Crippen LogP contribution in [0.4, 0.5) is 15.0 Å². The fourth-order valence-corrected chi connectivity index (χ4v) is 2.41. The van der Waals surface area contributed by atoms with Gasteiger partial charge in [0, 0.05) is 23.1 Å². The summed E-state index contributed by atoms with van der Waals surface area (Å²) in [6.07, 6.45) is 0.200. The Labute approximate surface area is 136 Å². The molecule has 0 spiro atoms. The lowest BCUT2D eigenvalue weighted by Gasteiger charge is -2.07. The van der Waals surface area contributed by atoms with Gasteiger partial charge in [0.1, 0.15) is 11.6 Å². The Kier molecular flexibility index (Phi) is 5.98. The topological polar surface area (TPSA) is 96.3 Å². The summed E-state index contributed by atoms with van der Waals surface area (Å²) in [6, 6.07) is 6.92. The zero-order valence-corrected chi connectivity index (χ0v) is 13.1. The number of halogens is 1. The first-order valence-corrected chi connectivity index (χ1v) is 7.69. The molecule has 0 aliphatic heterocycles. The van der Waals surface area contributed by atoms with Crippen LogP contribution in [0.25, 0.3) is 0 Å². The average Bonchev–Trinajstić information content (AvgIpc) is 2.92. The number of hydrazine groups is 1. The van der Waals surface area contributed by atoms with Crippen LogP contribution in [0.15, 0.2) is 39.8 Å². The largest absolute Gasteiger partial charge is 0.360 e. The molecule has 0 fully saturated rings. The van der Waals surface area contributed by atoms with Gasteiger partial charge < -0.3 is 4.52 Å². The molecule has 2 aromatic rings. The summed E-state index contributed by atoms with van der Waals surface area (Å²) >= 11 is 1.42. The highest BCUT2D eigenvalue weighted by atomic mass is 32.2. The van der Waals surface area contributed by atoms with Crippen LogP contribution in [-0.4, -0.2) is 22.8 Å². The van der Waals surface area contributed by atoms with E-state index in [0.29, 0.717) is 11.5 Å². The minimum absolute atomic E-state index is 0.200. The van der Waals surface area contributed by atoms with Gasteiger partial charge in [0.25, 0.3) is 0 Å². The molecule has 3 N–H and O–H groups in total. The molecule has 1 aromatic carbocycles. The van der Waals surface area contributed by atoms with E-state index in [0.717, 1.165) is 4.90 Å². The van der Waals surface area contributed by atoms with Crippen molar-refractivity contribution in [2.75, 3.05) is 11.1 Å². The lowest BCUT2D eigenvalue weighted by molar-refractivity contribution is -0.121. The quantitative estimate of drug-likeness (QED) is 0.575. The predicted octanol–water partition coefficient (Wildman–Crippen LogP) is 2.46. The summed E-state index contributed by atoms with van der Waals surface area (Å²) < 4.78 is 17.5. The predicted molar refractivity (Wildman–Crippen MR) is 83.3 cm³/mol. The molecule has 122 valence electrons. The van der Waals surface area contributed by atoms with Gasteiger partial charge in [-0.25, -0.2) is 14.6 Å². The van der Waals surface area contributed by atoms with E-state index in [1.807, 2.05) is 0 Å². The second-order valence-corrected chi connectivity index (χ2v) is 5.67. The molecule has 1 heterocycles. The lowest BCUT2D eigenvalue weighted by atomic mass is 10.4. The molecule has 1 aromatic heterocycles. The van der Waals surface area contributed by atoms with Gasteiger partial charge in [-0.15, -0.1) is 11.8 Å². The number of nitrogens with one attached hydrogen (secondary N) is 3. The van der Waals surface area contributed by atoms with E-state index >= 15 is 0 Å². The number of aryl methyl sites for hydroxylation is 1. The summed E-state index contributed by atoms with van der Waals surface area (Å²) in [5.41, 5.74) is 4.48. The van der Waals surface area contributed by atoms with Crippen LogP contribution in [0.2, 0.25) is 0 Å². The molecule has 0 atom stereocenters. The van der Waals surface area contributed by atoms with E-state index in [2.05, 4.69) is 21.3 Å². The van der Waals surface area contributed by atoms with Gasteiger partial charge in [-0.1, -0.05) is 5.16 Å². The molecular weight excluding hydrogens is 323 g/mol. The molecule has 23 heavy (non-hydrogen) atoms. The molecule has 0 aliphatic rings. The third-order valence-electron chi connectivity index (χ3n) is 2.60. The summed E-state index contributed by atoms with van der Waals surface area (Å²) in [6.45, 7) is 1.69. The summed E-state index contributed by atoms with van der Waals surface area (Å²) in [5.74, 6) is 0.669. The van der Waals surface area contributed by atoms with Crippen molar-refractivity contribution >= 4 is 29.5 Å². The Morgan fingerprint density at radius 2 is 2.00 bits per heavy atom. The third-order valence-corrected chi connectivity index (χ3v) is 3.61. The van der Waals surface area contributed by atoms with Crippen LogP contribution in [-0.2, 0) is 4.79 Å². The first-order valence-electron chi connectivity index (χ1n) is 6.70. The second kappa shape index (κ2) is 8.18. The maximum absolute atomic E-state index is 12.7. The first-order chi connectivity index (χ1) is 11.0. The van der Waals surface area contributed by atoms with Crippen molar-refractivity contribution in [1.29, 1.82) is 0 Å². The molecule has 9 heteroatoms. The summed E-state index contributed by atoms with van der Waals surface area (Å²) in [7, 11) is 0. The van der Waals surface area contributed by atoms with Crippen molar-refractivity contribution in [3.63, 3.8) is 0 Å². The van der Waals surface area contributed by atoms with Gasteiger partial charge in [0.05, 0.1) is 0 Å². The number of carbonyl (C=O) groups excluding carboxylic acids is 2. The highest BCUT2D eigenvalue weighted by Gasteiger charge is 2.07. The molecule has 0 radical (unpaired) electrons. The Morgan fingerprint density at radius 1 is 1.26 bits per heavy atom. The van der Waals surface area contributed by atoms with Gasteiger partial charge in [-0.05, 0) is 31.2 Å². The SMILES string of the molecule is Cc1cc(NC(=O)NNC(=O)CCSc2ccc(F)cc2)no1. The number of amides is 3. The summed E-state index contributed by atoms with van der Waals surface area (Å²) in [5, 5.41) is 5.98. The average molecular weight is 338 g/mol. The van der Waals surface area contributed by atoms with E-state index in [4.69, 9.17) is 4.52 Å². The van der Waals surface area contributed by atoms with E-state index < -0.39 is 6.03 Å². The van der Waals surface area contributed by atoms with Crippen molar-refractivity contribution in [2.24, 2.45) is 0 Å². The normalized spacial score (nSPS) is 10.2. The first kappa shape index (κ1) is 16.8. The van der Waals surface area contributed by atoms with Crippen molar-refractivity contribution in [1.82, 2.24) is 16.0 Å². The number of benzene rings is 1. The van der Waals surface area contributed by atoms with E-state index in [9.17, 15) is 14.0 Å². The van der Waals surface area contributed by atoms with Gasteiger partial charge in [-0.3, -0.25) is 15.5 Å². The maximum atomic E-state index is 12.7. The Balaban J connectivity index is 1.62. The van der Waals surface area contributed by atoms with Gasteiger partial charge in [0.15, 0.2) is 5.82 Å². The van der Waals surface area contributed by atoms with Crippen LogP contribution in [0.3, 0.4) is 0 Å². The van der Waals surface area contributed by atoms with Crippen molar-refractivity contribution in [3.05, 3.63) is 41.9 Å². The zero-order valence-electron chi connectivity index (χ0n) is 12.3. The number of urea groups is 1. The Hall–Kier alpha value is -2.55. The molecule has 0 saturated carbocycles. The van der Waals surface area contributed by atoms with Crippen LogP contribution in [0.5, 0.6) is 0 Å². The minimum Gasteiger partial charge on any atom is -0.360 e. The van der Waals surface area contributed by atoms with E-state index in [-0.39, 0.29) is 24.0 Å².